The molecule has 0 saturated heterocycles. The van der Waals surface area contributed by atoms with Crippen molar-refractivity contribution >= 4 is 5.96 Å². The van der Waals surface area contributed by atoms with Crippen molar-refractivity contribution in [2.45, 2.75) is 33.4 Å². The molecule has 124 valence electrons. The molecule has 0 heterocycles. The third-order valence-electron chi connectivity index (χ3n) is 3.29. The standard InChI is InChI=1S/C17H29FN4/c1-13(2)8-9-20-17(19-3)21-11-14-6-7-16(18)15(10-14)12-22(4)5/h6-7,10,13H,8-9,11-12H2,1-5H3,(H2,19,20,21). The third-order valence-corrected chi connectivity index (χ3v) is 3.29. The minimum absolute atomic E-state index is 0.156. The van der Waals surface area contributed by atoms with E-state index in [9.17, 15) is 4.39 Å². The Kier molecular flexibility index (Phi) is 7.88. The maximum Gasteiger partial charge on any atom is 0.191 e. The minimum Gasteiger partial charge on any atom is -0.356 e. The van der Waals surface area contributed by atoms with Gasteiger partial charge in [-0.25, -0.2) is 4.39 Å². The smallest absolute Gasteiger partial charge is 0.191 e. The fourth-order valence-corrected chi connectivity index (χ4v) is 2.09. The molecule has 0 radical (unpaired) electrons. The molecule has 0 atom stereocenters. The highest BCUT2D eigenvalue weighted by atomic mass is 19.1. The average Bonchev–Trinajstić information content (AvgIpc) is 2.44. The monoisotopic (exact) mass is 308 g/mol. The van der Waals surface area contributed by atoms with E-state index in [1.807, 2.05) is 31.1 Å². The SMILES string of the molecule is CN=C(NCCC(C)C)NCc1ccc(F)c(CN(C)C)c1. The molecule has 4 nitrogen and oxygen atoms in total. The van der Waals surface area contributed by atoms with Crippen LogP contribution >= 0.6 is 0 Å². The number of hydrogen-bond acceptors (Lipinski definition) is 2. The van der Waals surface area contributed by atoms with Gasteiger partial charge in [0.25, 0.3) is 0 Å². The first kappa shape index (κ1) is 18.4. The van der Waals surface area contributed by atoms with Gasteiger partial charge in [-0.1, -0.05) is 19.9 Å². The highest BCUT2D eigenvalue weighted by Gasteiger charge is 2.06. The number of rotatable bonds is 7. The molecule has 0 amide bonds. The van der Waals surface area contributed by atoms with Crippen LogP contribution in [-0.2, 0) is 13.1 Å². The van der Waals surface area contributed by atoms with E-state index in [2.05, 4.69) is 29.5 Å². The van der Waals surface area contributed by atoms with Crippen LogP contribution in [0.15, 0.2) is 23.2 Å². The van der Waals surface area contributed by atoms with E-state index in [-0.39, 0.29) is 5.82 Å². The summed E-state index contributed by atoms with van der Waals surface area (Å²) in [5.41, 5.74) is 1.76. The highest BCUT2D eigenvalue weighted by Crippen LogP contribution is 2.12. The Labute approximate surface area is 133 Å². The van der Waals surface area contributed by atoms with Crippen LogP contribution < -0.4 is 10.6 Å². The van der Waals surface area contributed by atoms with Crippen LogP contribution in [0.25, 0.3) is 0 Å². The normalized spacial score (nSPS) is 12.1. The summed E-state index contributed by atoms with van der Waals surface area (Å²) in [7, 11) is 5.63. The Morgan fingerprint density at radius 1 is 1.27 bits per heavy atom. The number of aliphatic imine (C=N–C) groups is 1. The number of hydrogen-bond donors (Lipinski definition) is 2. The second-order valence-corrected chi connectivity index (χ2v) is 6.20. The van der Waals surface area contributed by atoms with Crippen molar-refractivity contribution in [3.8, 4) is 0 Å². The molecule has 0 spiro atoms. The summed E-state index contributed by atoms with van der Waals surface area (Å²) < 4.78 is 13.8. The largest absolute Gasteiger partial charge is 0.356 e. The molecule has 0 bridgehead atoms. The van der Waals surface area contributed by atoms with Crippen molar-refractivity contribution in [1.82, 2.24) is 15.5 Å². The molecule has 1 aromatic carbocycles. The van der Waals surface area contributed by atoms with E-state index in [4.69, 9.17) is 0 Å². The van der Waals surface area contributed by atoms with Crippen molar-refractivity contribution in [1.29, 1.82) is 0 Å². The first-order valence-corrected chi connectivity index (χ1v) is 7.79. The topological polar surface area (TPSA) is 39.7 Å². The van der Waals surface area contributed by atoms with Crippen LogP contribution in [0, 0.1) is 11.7 Å². The maximum absolute atomic E-state index is 13.8. The Balaban J connectivity index is 2.55. The molecule has 1 rings (SSSR count). The number of nitrogens with one attached hydrogen (secondary N) is 2. The second-order valence-electron chi connectivity index (χ2n) is 6.20. The highest BCUT2D eigenvalue weighted by molar-refractivity contribution is 5.79. The zero-order chi connectivity index (χ0) is 16.5. The summed E-state index contributed by atoms with van der Waals surface area (Å²) in [6.07, 6.45) is 1.10. The number of benzene rings is 1. The Hall–Kier alpha value is -1.62. The van der Waals surface area contributed by atoms with Gasteiger partial charge in [-0.2, -0.15) is 0 Å². The van der Waals surface area contributed by atoms with Crippen LogP contribution in [0.3, 0.4) is 0 Å². The van der Waals surface area contributed by atoms with Crippen molar-refractivity contribution in [2.75, 3.05) is 27.7 Å². The first-order chi connectivity index (χ1) is 10.4. The molecule has 0 aromatic heterocycles. The van der Waals surface area contributed by atoms with E-state index < -0.39 is 0 Å². The van der Waals surface area contributed by atoms with Crippen LogP contribution in [-0.4, -0.2) is 38.5 Å². The summed E-state index contributed by atoms with van der Waals surface area (Å²) >= 11 is 0. The van der Waals surface area contributed by atoms with Gasteiger partial charge in [0.15, 0.2) is 5.96 Å². The van der Waals surface area contributed by atoms with E-state index in [0.29, 0.717) is 24.6 Å². The van der Waals surface area contributed by atoms with Gasteiger partial charge in [-0.05, 0) is 44.1 Å². The zero-order valence-electron chi connectivity index (χ0n) is 14.4. The van der Waals surface area contributed by atoms with Crippen LogP contribution in [0.4, 0.5) is 4.39 Å². The summed E-state index contributed by atoms with van der Waals surface area (Å²) in [6.45, 7) is 6.51. The van der Waals surface area contributed by atoms with E-state index in [0.717, 1.165) is 24.5 Å². The zero-order valence-corrected chi connectivity index (χ0v) is 14.4. The van der Waals surface area contributed by atoms with Gasteiger partial charge in [0.05, 0.1) is 0 Å². The first-order valence-electron chi connectivity index (χ1n) is 7.79. The molecule has 1 aromatic rings. The molecule has 0 aliphatic heterocycles. The third kappa shape index (κ3) is 6.89. The Bertz CT molecular complexity index is 484. The van der Waals surface area contributed by atoms with Gasteiger partial charge < -0.3 is 15.5 Å². The van der Waals surface area contributed by atoms with Gasteiger partial charge >= 0.3 is 0 Å². The molecule has 2 N–H and O–H groups in total. The lowest BCUT2D eigenvalue weighted by Crippen LogP contribution is -2.37. The average molecular weight is 308 g/mol. The number of nitrogens with zero attached hydrogens (tertiary/aromatic N) is 2. The number of halogens is 1. The summed E-state index contributed by atoms with van der Waals surface area (Å²) in [5.74, 6) is 1.28. The maximum atomic E-state index is 13.8. The minimum atomic E-state index is -0.156. The summed E-state index contributed by atoms with van der Waals surface area (Å²) in [4.78, 5) is 6.16. The van der Waals surface area contributed by atoms with Crippen LogP contribution in [0.5, 0.6) is 0 Å². The predicted octanol–water partition coefficient (Wildman–Crippen LogP) is 2.60. The predicted molar refractivity (Wildman–Crippen MR) is 91.4 cm³/mol. The molecule has 0 aliphatic rings. The van der Waals surface area contributed by atoms with Crippen molar-refractivity contribution < 1.29 is 4.39 Å². The number of guanidine groups is 1. The van der Waals surface area contributed by atoms with Crippen molar-refractivity contribution in [3.63, 3.8) is 0 Å². The van der Waals surface area contributed by atoms with Gasteiger partial charge in [-0.15, -0.1) is 0 Å². The lowest BCUT2D eigenvalue weighted by Gasteiger charge is -2.15. The van der Waals surface area contributed by atoms with Gasteiger partial charge in [0.2, 0.25) is 0 Å². The van der Waals surface area contributed by atoms with E-state index in [1.165, 1.54) is 6.07 Å². The molecule has 5 heteroatoms. The molecule has 0 aliphatic carbocycles. The van der Waals surface area contributed by atoms with Gasteiger partial charge in [-0.3, -0.25) is 4.99 Å². The van der Waals surface area contributed by atoms with Crippen molar-refractivity contribution in [2.24, 2.45) is 10.9 Å². The molecule has 0 saturated carbocycles. The Morgan fingerprint density at radius 2 is 2.00 bits per heavy atom. The van der Waals surface area contributed by atoms with Crippen LogP contribution in [0.1, 0.15) is 31.4 Å². The van der Waals surface area contributed by atoms with Gasteiger partial charge in [0, 0.05) is 32.2 Å². The van der Waals surface area contributed by atoms with Gasteiger partial charge in [0.1, 0.15) is 5.82 Å². The summed E-state index contributed by atoms with van der Waals surface area (Å²) in [6, 6.07) is 5.25. The van der Waals surface area contributed by atoms with E-state index >= 15 is 0 Å². The molecule has 0 unspecified atom stereocenters. The second kappa shape index (κ2) is 9.41. The quantitative estimate of drug-likeness (QED) is 0.601. The molecular formula is C17H29FN4. The molecule has 22 heavy (non-hydrogen) atoms. The molecular weight excluding hydrogens is 279 g/mol. The van der Waals surface area contributed by atoms with Crippen LogP contribution in [0.2, 0.25) is 0 Å². The fourth-order valence-electron chi connectivity index (χ4n) is 2.09. The fraction of sp³-hybridized carbons (Fsp3) is 0.588. The molecule has 0 fully saturated rings. The van der Waals surface area contributed by atoms with Crippen molar-refractivity contribution in [3.05, 3.63) is 35.1 Å². The Morgan fingerprint density at radius 3 is 2.59 bits per heavy atom. The lowest BCUT2D eigenvalue weighted by atomic mass is 10.1. The van der Waals surface area contributed by atoms with E-state index in [1.54, 1.807) is 7.05 Å². The lowest BCUT2D eigenvalue weighted by molar-refractivity contribution is 0.392. The summed E-state index contributed by atoms with van der Waals surface area (Å²) in [5, 5.41) is 6.55.